The lowest BCUT2D eigenvalue weighted by atomic mass is 10.2. The fourth-order valence-corrected chi connectivity index (χ4v) is 2.34. The quantitative estimate of drug-likeness (QED) is 0.907. The fourth-order valence-electron chi connectivity index (χ4n) is 1.37. The van der Waals surface area contributed by atoms with Crippen LogP contribution in [0.15, 0.2) is 44.7 Å². The zero-order valence-corrected chi connectivity index (χ0v) is 9.75. The van der Waals surface area contributed by atoms with Crippen molar-refractivity contribution in [2.24, 2.45) is 0 Å². The van der Waals surface area contributed by atoms with Gasteiger partial charge in [0.15, 0.2) is 0 Å². The van der Waals surface area contributed by atoms with Gasteiger partial charge in [-0.25, -0.2) is 9.18 Å². The molecule has 0 aliphatic rings. The van der Waals surface area contributed by atoms with Gasteiger partial charge in [-0.15, -0.1) is 0 Å². The van der Waals surface area contributed by atoms with Gasteiger partial charge in [0.1, 0.15) is 11.6 Å². The first-order chi connectivity index (χ1) is 8.09. The van der Waals surface area contributed by atoms with Crippen molar-refractivity contribution in [3.05, 3.63) is 47.7 Å². The molecule has 1 heterocycles. The number of carboxylic acid groups (broad SMARTS) is 1. The molecule has 0 radical (unpaired) electrons. The first-order valence-corrected chi connectivity index (χ1v) is 5.65. The van der Waals surface area contributed by atoms with E-state index >= 15 is 0 Å². The average Bonchev–Trinajstić information content (AvgIpc) is 2.67. The van der Waals surface area contributed by atoms with E-state index in [2.05, 4.69) is 0 Å². The van der Waals surface area contributed by atoms with E-state index in [1.165, 1.54) is 24.5 Å². The highest BCUT2D eigenvalue weighted by Crippen LogP contribution is 2.34. The summed E-state index contributed by atoms with van der Waals surface area (Å²) < 4.78 is 18.7. The molecule has 0 bridgehead atoms. The molecule has 5 heteroatoms. The highest BCUT2D eigenvalue weighted by molar-refractivity contribution is 7.99. The van der Waals surface area contributed by atoms with Gasteiger partial charge in [-0.3, -0.25) is 0 Å². The van der Waals surface area contributed by atoms with E-state index in [1.54, 1.807) is 13.0 Å². The van der Waals surface area contributed by atoms with Crippen LogP contribution in [-0.2, 0) is 0 Å². The number of carboxylic acids is 1. The molecule has 0 aliphatic carbocycles. The molecular formula is C12H9FO3S. The molecule has 0 atom stereocenters. The van der Waals surface area contributed by atoms with E-state index in [0.29, 0.717) is 10.7 Å². The van der Waals surface area contributed by atoms with Crippen LogP contribution in [0.1, 0.15) is 16.1 Å². The third-order valence-electron chi connectivity index (χ3n) is 2.22. The molecule has 1 N–H and O–H groups in total. The molecule has 3 nitrogen and oxygen atoms in total. The van der Waals surface area contributed by atoms with Gasteiger partial charge in [0.25, 0.3) is 0 Å². The molecule has 2 rings (SSSR count). The Morgan fingerprint density at radius 2 is 2.18 bits per heavy atom. The van der Waals surface area contributed by atoms with E-state index in [0.717, 1.165) is 11.8 Å². The molecule has 0 spiro atoms. The second kappa shape index (κ2) is 4.63. The van der Waals surface area contributed by atoms with Gasteiger partial charge in [0, 0.05) is 0 Å². The minimum atomic E-state index is -1.15. The molecule has 1 aromatic carbocycles. The smallest absolute Gasteiger partial charge is 0.336 e. The second-order valence-corrected chi connectivity index (χ2v) is 4.42. The predicted molar refractivity (Wildman–Crippen MR) is 60.9 cm³/mol. The molecule has 0 fully saturated rings. The molecule has 0 saturated heterocycles. The maximum atomic E-state index is 13.6. The van der Waals surface area contributed by atoms with Gasteiger partial charge in [0.05, 0.1) is 21.6 Å². The molecular weight excluding hydrogens is 243 g/mol. The van der Waals surface area contributed by atoms with Crippen molar-refractivity contribution in [1.82, 2.24) is 0 Å². The normalized spacial score (nSPS) is 10.5. The molecule has 0 amide bonds. The van der Waals surface area contributed by atoms with Gasteiger partial charge in [-0.1, -0.05) is 17.8 Å². The maximum absolute atomic E-state index is 13.6. The van der Waals surface area contributed by atoms with Crippen molar-refractivity contribution in [1.29, 1.82) is 0 Å². The monoisotopic (exact) mass is 252 g/mol. The summed E-state index contributed by atoms with van der Waals surface area (Å²) in [7, 11) is 0. The number of rotatable bonds is 3. The lowest BCUT2D eigenvalue weighted by Gasteiger charge is -2.05. The largest absolute Gasteiger partial charge is 0.478 e. The van der Waals surface area contributed by atoms with Gasteiger partial charge in [0.2, 0.25) is 0 Å². The van der Waals surface area contributed by atoms with E-state index in [9.17, 15) is 9.18 Å². The van der Waals surface area contributed by atoms with Gasteiger partial charge in [-0.2, -0.15) is 0 Å². The summed E-state index contributed by atoms with van der Waals surface area (Å²) in [4.78, 5) is 11.8. The summed E-state index contributed by atoms with van der Waals surface area (Å²) in [5.74, 6) is -1.06. The summed E-state index contributed by atoms with van der Waals surface area (Å²) in [6, 6.07) is 5.68. The molecule has 1 aromatic heterocycles. The van der Waals surface area contributed by atoms with Crippen molar-refractivity contribution < 1.29 is 18.7 Å². The van der Waals surface area contributed by atoms with E-state index < -0.39 is 11.8 Å². The molecule has 17 heavy (non-hydrogen) atoms. The van der Waals surface area contributed by atoms with Gasteiger partial charge in [-0.05, 0) is 25.1 Å². The van der Waals surface area contributed by atoms with Crippen molar-refractivity contribution in [3.63, 3.8) is 0 Å². The number of aryl methyl sites for hydroxylation is 1. The first-order valence-electron chi connectivity index (χ1n) is 4.83. The second-order valence-electron chi connectivity index (χ2n) is 3.36. The fraction of sp³-hybridized carbons (Fsp3) is 0.0833. The standard InChI is InChI=1S/C12H9FO3S/c1-7-10(5-6-16-7)17-11-8(12(14)15)3-2-4-9(11)13/h2-6H,1H3,(H,14,15). The Kier molecular flexibility index (Phi) is 3.19. The van der Waals surface area contributed by atoms with Crippen LogP contribution >= 0.6 is 11.8 Å². The third-order valence-corrected chi connectivity index (χ3v) is 3.48. The number of furan rings is 1. The van der Waals surface area contributed by atoms with Crippen molar-refractivity contribution in [3.8, 4) is 0 Å². The Hall–Kier alpha value is -1.75. The Morgan fingerprint density at radius 1 is 1.41 bits per heavy atom. The summed E-state index contributed by atoms with van der Waals surface area (Å²) in [6.45, 7) is 1.74. The Bertz CT molecular complexity index is 563. The Balaban J connectivity index is 2.45. The van der Waals surface area contributed by atoms with Crippen LogP contribution in [0.5, 0.6) is 0 Å². The van der Waals surface area contributed by atoms with Crippen molar-refractivity contribution >= 4 is 17.7 Å². The van der Waals surface area contributed by atoms with Crippen molar-refractivity contribution in [2.75, 3.05) is 0 Å². The van der Waals surface area contributed by atoms with Crippen LogP contribution in [0.4, 0.5) is 4.39 Å². The number of aromatic carboxylic acids is 1. The van der Waals surface area contributed by atoms with Crippen LogP contribution in [0.3, 0.4) is 0 Å². The lowest BCUT2D eigenvalue weighted by Crippen LogP contribution is -2.00. The zero-order chi connectivity index (χ0) is 12.4. The maximum Gasteiger partial charge on any atom is 0.336 e. The van der Waals surface area contributed by atoms with Gasteiger partial charge < -0.3 is 9.52 Å². The van der Waals surface area contributed by atoms with E-state index in [1.807, 2.05) is 0 Å². The molecule has 88 valence electrons. The minimum Gasteiger partial charge on any atom is -0.478 e. The average molecular weight is 252 g/mol. The summed E-state index contributed by atoms with van der Waals surface area (Å²) in [5.41, 5.74) is -0.0457. The zero-order valence-electron chi connectivity index (χ0n) is 8.94. The van der Waals surface area contributed by atoms with E-state index in [4.69, 9.17) is 9.52 Å². The number of halogens is 1. The van der Waals surface area contributed by atoms with Crippen molar-refractivity contribution in [2.45, 2.75) is 16.7 Å². The lowest BCUT2D eigenvalue weighted by molar-refractivity contribution is 0.0692. The first kappa shape index (κ1) is 11.7. The molecule has 0 unspecified atom stereocenters. The highest BCUT2D eigenvalue weighted by atomic mass is 32.2. The number of hydrogen-bond donors (Lipinski definition) is 1. The van der Waals surface area contributed by atoms with Gasteiger partial charge >= 0.3 is 5.97 Å². The number of hydrogen-bond acceptors (Lipinski definition) is 3. The third kappa shape index (κ3) is 2.34. The molecule has 0 aliphatic heterocycles. The van der Waals surface area contributed by atoms with Crippen LogP contribution in [0, 0.1) is 12.7 Å². The summed E-state index contributed by atoms with van der Waals surface area (Å²) >= 11 is 1.05. The molecule has 0 saturated carbocycles. The molecule has 2 aromatic rings. The Labute approximate surface area is 101 Å². The summed E-state index contributed by atoms with van der Waals surface area (Å²) in [6.07, 6.45) is 1.49. The van der Waals surface area contributed by atoms with Crippen LogP contribution in [0.2, 0.25) is 0 Å². The summed E-state index contributed by atoms with van der Waals surface area (Å²) in [5, 5.41) is 8.98. The number of benzene rings is 1. The predicted octanol–water partition coefficient (Wildman–Crippen LogP) is 3.58. The van der Waals surface area contributed by atoms with E-state index in [-0.39, 0.29) is 10.5 Å². The van der Waals surface area contributed by atoms with Crippen LogP contribution in [-0.4, -0.2) is 11.1 Å². The van der Waals surface area contributed by atoms with Crippen LogP contribution in [0.25, 0.3) is 0 Å². The SMILES string of the molecule is Cc1occc1Sc1c(F)cccc1C(=O)O. The van der Waals surface area contributed by atoms with Crippen LogP contribution < -0.4 is 0 Å². The minimum absolute atomic E-state index is 0.0457. The number of carbonyl (C=O) groups is 1. The Morgan fingerprint density at radius 3 is 2.76 bits per heavy atom. The highest BCUT2D eigenvalue weighted by Gasteiger charge is 2.16. The topological polar surface area (TPSA) is 50.4 Å².